The van der Waals surface area contributed by atoms with Gasteiger partial charge in [0, 0.05) is 4.90 Å². The van der Waals surface area contributed by atoms with Gasteiger partial charge in [-0.15, -0.1) is 0 Å². The molecule has 6 heteroatoms. The number of benzene rings is 3. The number of imide groups is 1. The van der Waals surface area contributed by atoms with Crippen LogP contribution in [0.2, 0.25) is 0 Å². The van der Waals surface area contributed by atoms with Crippen molar-refractivity contribution >= 4 is 34.8 Å². The standard InChI is InChI=1S/C25H20FNO3S/c1-2-15-30-20-13-11-17(12-14-20)22-23(31-21-9-4-3-5-10-21)25(29)27(24(22)28)19-8-6-7-18(26)16-19/h3-14,16H,2,15H2,1H3. The first kappa shape index (κ1) is 20.9. The molecule has 0 aromatic heterocycles. The zero-order chi connectivity index (χ0) is 21.8. The monoisotopic (exact) mass is 433 g/mol. The van der Waals surface area contributed by atoms with Gasteiger partial charge in [0.25, 0.3) is 11.8 Å². The van der Waals surface area contributed by atoms with Crippen LogP contribution in [0.4, 0.5) is 10.1 Å². The second-order valence-corrected chi connectivity index (χ2v) is 8.00. The Balaban J connectivity index is 1.76. The molecule has 0 N–H and O–H groups in total. The van der Waals surface area contributed by atoms with Crippen LogP contribution in [-0.4, -0.2) is 18.4 Å². The molecule has 1 aliphatic heterocycles. The van der Waals surface area contributed by atoms with Crippen LogP contribution in [0.25, 0.3) is 5.57 Å². The van der Waals surface area contributed by atoms with E-state index in [0.29, 0.717) is 28.4 Å². The lowest BCUT2D eigenvalue weighted by Gasteiger charge is -2.15. The predicted octanol–water partition coefficient (Wildman–Crippen LogP) is 5.69. The van der Waals surface area contributed by atoms with Crippen LogP contribution in [0.3, 0.4) is 0 Å². The number of nitrogens with zero attached hydrogens (tertiary/aromatic N) is 1. The molecule has 0 aliphatic carbocycles. The molecule has 0 radical (unpaired) electrons. The lowest BCUT2D eigenvalue weighted by molar-refractivity contribution is -0.119. The van der Waals surface area contributed by atoms with Crippen LogP contribution < -0.4 is 9.64 Å². The lowest BCUT2D eigenvalue weighted by Crippen LogP contribution is -2.31. The van der Waals surface area contributed by atoms with Crippen molar-refractivity contribution in [1.82, 2.24) is 0 Å². The van der Waals surface area contributed by atoms with Crippen molar-refractivity contribution in [3.63, 3.8) is 0 Å². The third-order valence-corrected chi connectivity index (χ3v) is 5.78. The molecule has 0 atom stereocenters. The molecule has 31 heavy (non-hydrogen) atoms. The van der Waals surface area contributed by atoms with E-state index in [1.165, 1.54) is 30.0 Å². The zero-order valence-corrected chi connectivity index (χ0v) is 17.7. The number of anilines is 1. The normalized spacial score (nSPS) is 13.8. The summed E-state index contributed by atoms with van der Waals surface area (Å²) in [5.74, 6) is -0.759. The van der Waals surface area contributed by atoms with Crippen LogP contribution in [0, 0.1) is 5.82 Å². The predicted molar refractivity (Wildman–Crippen MR) is 120 cm³/mol. The van der Waals surface area contributed by atoms with E-state index in [1.807, 2.05) is 37.3 Å². The lowest BCUT2D eigenvalue weighted by atomic mass is 10.1. The molecular formula is C25H20FNO3S. The van der Waals surface area contributed by atoms with E-state index in [9.17, 15) is 14.0 Å². The molecule has 1 heterocycles. The second-order valence-electron chi connectivity index (χ2n) is 6.92. The van der Waals surface area contributed by atoms with Gasteiger partial charge in [-0.05, 0) is 54.4 Å². The first-order valence-corrected chi connectivity index (χ1v) is 10.7. The highest BCUT2D eigenvalue weighted by Gasteiger charge is 2.40. The van der Waals surface area contributed by atoms with Gasteiger partial charge in [0.2, 0.25) is 0 Å². The number of carbonyl (C=O) groups excluding carboxylic acids is 2. The molecule has 0 fully saturated rings. The van der Waals surface area contributed by atoms with E-state index < -0.39 is 17.6 Å². The molecule has 1 aliphatic rings. The van der Waals surface area contributed by atoms with Crippen LogP contribution in [0.1, 0.15) is 18.9 Å². The maximum Gasteiger partial charge on any atom is 0.272 e. The Labute approximate surface area is 184 Å². The molecular weight excluding hydrogens is 413 g/mol. The van der Waals surface area contributed by atoms with Crippen LogP contribution in [0.15, 0.2) is 88.7 Å². The fourth-order valence-corrected chi connectivity index (χ4v) is 4.27. The Hall–Kier alpha value is -3.38. The van der Waals surface area contributed by atoms with E-state index in [2.05, 4.69) is 0 Å². The fraction of sp³-hybridized carbons (Fsp3) is 0.120. The summed E-state index contributed by atoms with van der Waals surface area (Å²) in [6, 6.07) is 22.0. The number of thioether (sulfide) groups is 1. The summed E-state index contributed by atoms with van der Waals surface area (Å²) >= 11 is 1.23. The number of ether oxygens (including phenoxy) is 1. The largest absolute Gasteiger partial charge is 0.494 e. The Morgan fingerprint density at radius 2 is 1.65 bits per heavy atom. The van der Waals surface area contributed by atoms with Gasteiger partial charge < -0.3 is 4.74 Å². The van der Waals surface area contributed by atoms with Crippen molar-refractivity contribution in [3.8, 4) is 5.75 Å². The zero-order valence-electron chi connectivity index (χ0n) is 16.9. The van der Waals surface area contributed by atoms with Crippen molar-refractivity contribution in [3.05, 3.63) is 95.1 Å². The highest BCUT2D eigenvalue weighted by molar-refractivity contribution is 8.04. The van der Waals surface area contributed by atoms with Crippen LogP contribution >= 0.6 is 11.8 Å². The van der Waals surface area contributed by atoms with Gasteiger partial charge >= 0.3 is 0 Å². The maximum atomic E-state index is 13.8. The summed E-state index contributed by atoms with van der Waals surface area (Å²) in [7, 11) is 0. The number of amides is 2. The SMILES string of the molecule is CCCOc1ccc(C2=C(Sc3ccccc3)C(=O)N(c3cccc(F)c3)C2=O)cc1. The molecule has 0 saturated carbocycles. The van der Waals surface area contributed by atoms with E-state index in [1.54, 1.807) is 30.3 Å². The van der Waals surface area contributed by atoms with E-state index in [0.717, 1.165) is 16.2 Å². The second kappa shape index (κ2) is 9.18. The van der Waals surface area contributed by atoms with Gasteiger partial charge in [0.05, 0.1) is 22.8 Å². The number of hydrogen-bond acceptors (Lipinski definition) is 4. The number of halogens is 1. The first-order valence-electron chi connectivity index (χ1n) is 9.93. The Bertz CT molecular complexity index is 1140. The summed E-state index contributed by atoms with van der Waals surface area (Å²) in [4.78, 5) is 28.8. The topological polar surface area (TPSA) is 46.6 Å². The van der Waals surface area contributed by atoms with Crippen molar-refractivity contribution in [2.75, 3.05) is 11.5 Å². The molecule has 0 saturated heterocycles. The molecule has 4 rings (SSSR count). The summed E-state index contributed by atoms with van der Waals surface area (Å²) in [6.45, 7) is 2.62. The van der Waals surface area contributed by atoms with Gasteiger partial charge in [0.1, 0.15) is 11.6 Å². The van der Waals surface area contributed by atoms with Crippen molar-refractivity contribution in [2.24, 2.45) is 0 Å². The van der Waals surface area contributed by atoms with E-state index in [-0.39, 0.29) is 5.69 Å². The minimum absolute atomic E-state index is 0.207. The average Bonchev–Trinajstić information content (AvgIpc) is 3.03. The van der Waals surface area contributed by atoms with Crippen LogP contribution in [0.5, 0.6) is 5.75 Å². The number of carbonyl (C=O) groups is 2. The van der Waals surface area contributed by atoms with Crippen molar-refractivity contribution < 1.29 is 18.7 Å². The molecule has 0 unspecified atom stereocenters. The minimum atomic E-state index is -0.513. The third-order valence-electron chi connectivity index (χ3n) is 4.69. The smallest absolute Gasteiger partial charge is 0.272 e. The van der Waals surface area contributed by atoms with Crippen molar-refractivity contribution in [2.45, 2.75) is 18.2 Å². The van der Waals surface area contributed by atoms with Gasteiger partial charge in [-0.2, -0.15) is 0 Å². The molecule has 2 amide bonds. The minimum Gasteiger partial charge on any atom is -0.494 e. The Morgan fingerprint density at radius 1 is 0.903 bits per heavy atom. The maximum absolute atomic E-state index is 13.8. The fourth-order valence-electron chi connectivity index (χ4n) is 3.25. The third kappa shape index (κ3) is 4.39. The number of hydrogen-bond donors (Lipinski definition) is 0. The van der Waals surface area contributed by atoms with Gasteiger partial charge in [0.15, 0.2) is 0 Å². The quantitative estimate of drug-likeness (QED) is 0.449. The van der Waals surface area contributed by atoms with Crippen LogP contribution in [-0.2, 0) is 9.59 Å². The van der Waals surface area contributed by atoms with Gasteiger partial charge in [-0.3, -0.25) is 9.59 Å². The Morgan fingerprint density at radius 3 is 2.32 bits per heavy atom. The highest BCUT2D eigenvalue weighted by atomic mass is 32.2. The summed E-state index contributed by atoms with van der Waals surface area (Å²) in [6.07, 6.45) is 0.889. The summed E-state index contributed by atoms with van der Waals surface area (Å²) < 4.78 is 19.4. The number of rotatable bonds is 7. The van der Waals surface area contributed by atoms with Gasteiger partial charge in [-0.25, -0.2) is 9.29 Å². The molecule has 156 valence electrons. The first-order chi connectivity index (χ1) is 15.1. The Kier molecular flexibility index (Phi) is 6.18. The molecule has 3 aromatic rings. The summed E-state index contributed by atoms with van der Waals surface area (Å²) in [5.41, 5.74) is 1.11. The summed E-state index contributed by atoms with van der Waals surface area (Å²) in [5, 5.41) is 0. The van der Waals surface area contributed by atoms with Gasteiger partial charge in [-0.1, -0.05) is 55.1 Å². The van der Waals surface area contributed by atoms with Crippen molar-refractivity contribution in [1.29, 1.82) is 0 Å². The molecule has 4 nitrogen and oxygen atoms in total. The van der Waals surface area contributed by atoms with E-state index >= 15 is 0 Å². The average molecular weight is 434 g/mol. The molecule has 0 bridgehead atoms. The highest BCUT2D eigenvalue weighted by Crippen LogP contribution is 2.41. The molecule has 0 spiro atoms. The molecule has 3 aromatic carbocycles. The van der Waals surface area contributed by atoms with E-state index in [4.69, 9.17) is 4.74 Å².